The SMILES string of the molecule is O=P(c1ccccc1)(c1ccccc1)c1ccccc1Oc1ccc(-c2ccc(N(c3ccccc3)c3cccc4ccccc34)cc2)cc1. The van der Waals surface area contributed by atoms with E-state index >= 15 is 4.57 Å². The summed E-state index contributed by atoms with van der Waals surface area (Å²) in [6.45, 7) is 0. The maximum atomic E-state index is 15.1. The summed E-state index contributed by atoms with van der Waals surface area (Å²) in [7, 11) is -3.21. The number of ether oxygens (including phenoxy) is 1. The van der Waals surface area contributed by atoms with E-state index in [4.69, 9.17) is 4.74 Å². The Morgan fingerprint density at radius 3 is 1.58 bits per heavy atom. The van der Waals surface area contributed by atoms with Crippen molar-refractivity contribution in [1.82, 2.24) is 0 Å². The molecule has 0 aliphatic heterocycles. The van der Waals surface area contributed by atoms with E-state index in [1.165, 1.54) is 10.8 Å². The minimum atomic E-state index is -3.21. The van der Waals surface area contributed by atoms with E-state index in [1.54, 1.807) is 0 Å². The number of fused-ring (bicyclic) bond motifs is 1. The van der Waals surface area contributed by atoms with Crippen molar-refractivity contribution >= 4 is 50.9 Å². The van der Waals surface area contributed by atoms with E-state index in [2.05, 4.69) is 108 Å². The summed E-state index contributed by atoms with van der Waals surface area (Å²) in [6.07, 6.45) is 0. The molecule has 0 unspecified atom stereocenters. The first-order valence-electron chi connectivity index (χ1n) is 16.7. The number of para-hydroxylation sites is 2. The van der Waals surface area contributed by atoms with Gasteiger partial charge in [0.1, 0.15) is 11.5 Å². The fraction of sp³-hybridized carbons (Fsp3) is 0. The number of benzene rings is 8. The van der Waals surface area contributed by atoms with Gasteiger partial charge in [-0.05, 0) is 71.1 Å². The molecule has 50 heavy (non-hydrogen) atoms. The van der Waals surface area contributed by atoms with E-state index in [1.807, 2.05) is 103 Å². The first kappa shape index (κ1) is 31.1. The van der Waals surface area contributed by atoms with Gasteiger partial charge in [-0.15, -0.1) is 0 Å². The van der Waals surface area contributed by atoms with Crippen molar-refractivity contribution in [3.05, 3.63) is 206 Å². The van der Waals surface area contributed by atoms with Crippen molar-refractivity contribution in [3.63, 3.8) is 0 Å². The summed E-state index contributed by atoms with van der Waals surface area (Å²) in [5, 5.41) is 4.62. The molecule has 4 heteroatoms. The highest BCUT2D eigenvalue weighted by Crippen LogP contribution is 2.46. The van der Waals surface area contributed by atoms with Crippen LogP contribution in [0.2, 0.25) is 0 Å². The Morgan fingerprint density at radius 2 is 0.920 bits per heavy atom. The summed E-state index contributed by atoms with van der Waals surface area (Å²) in [6, 6.07) is 69.2. The van der Waals surface area contributed by atoms with Crippen molar-refractivity contribution in [1.29, 1.82) is 0 Å². The van der Waals surface area contributed by atoms with E-state index in [9.17, 15) is 0 Å². The molecule has 0 aliphatic rings. The summed E-state index contributed by atoms with van der Waals surface area (Å²) in [5.41, 5.74) is 5.49. The lowest BCUT2D eigenvalue weighted by Gasteiger charge is -2.27. The first-order valence-corrected chi connectivity index (χ1v) is 18.4. The Hall–Kier alpha value is -6.15. The lowest BCUT2D eigenvalue weighted by molar-refractivity contribution is 0.486. The molecule has 8 rings (SSSR count). The smallest absolute Gasteiger partial charge is 0.174 e. The zero-order valence-corrected chi connectivity index (χ0v) is 28.2. The van der Waals surface area contributed by atoms with Crippen LogP contribution in [0.5, 0.6) is 11.5 Å². The molecular formula is C46H34NO2P. The average Bonchev–Trinajstić information content (AvgIpc) is 3.20. The van der Waals surface area contributed by atoms with Crippen LogP contribution in [0, 0.1) is 0 Å². The molecule has 0 radical (unpaired) electrons. The van der Waals surface area contributed by atoms with Crippen molar-refractivity contribution in [3.8, 4) is 22.6 Å². The van der Waals surface area contributed by atoms with Crippen LogP contribution < -0.4 is 25.6 Å². The van der Waals surface area contributed by atoms with E-state index in [0.717, 1.165) is 38.8 Å². The predicted molar refractivity (Wildman–Crippen MR) is 210 cm³/mol. The third-order valence-corrected chi connectivity index (χ3v) is 12.1. The Balaban J connectivity index is 1.09. The van der Waals surface area contributed by atoms with Gasteiger partial charge in [-0.2, -0.15) is 0 Å². The van der Waals surface area contributed by atoms with Crippen LogP contribution in [0.1, 0.15) is 0 Å². The van der Waals surface area contributed by atoms with Crippen molar-refractivity contribution in [2.24, 2.45) is 0 Å². The van der Waals surface area contributed by atoms with Gasteiger partial charge in [0.25, 0.3) is 0 Å². The number of rotatable bonds is 9. The molecule has 0 saturated carbocycles. The monoisotopic (exact) mass is 663 g/mol. The minimum absolute atomic E-state index is 0.579. The first-order chi connectivity index (χ1) is 24.7. The third kappa shape index (κ3) is 6.00. The van der Waals surface area contributed by atoms with Crippen LogP contribution in [-0.2, 0) is 4.57 Å². The van der Waals surface area contributed by atoms with Crippen LogP contribution >= 0.6 is 7.14 Å². The highest BCUT2D eigenvalue weighted by Gasteiger charge is 2.32. The van der Waals surface area contributed by atoms with Gasteiger partial charge in [0, 0.05) is 27.4 Å². The van der Waals surface area contributed by atoms with Crippen molar-refractivity contribution in [2.45, 2.75) is 0 Å². The van der Waals surface area contributed by atoms with Gasteiger partial charge in [-0.25, -0.2) is 0 Å². The highest BCUT2D eigenvalue weighted by atomic mass is 31.2. The van der Waals surface area contributed by atoms with Gasteiger partial charge in [0.2, 0.25) is 0 Å². The molecule has 240 valence electrons. The molecular weight excluding hydrogens is 629 g/mol. The fourth-order valence-electron chi connectivity index (χ4n) is 6.56. The predicted octanol–water partition coefficient (Wildman–Crippen LogP) is 11.4. The maximum Gasteiger partial charge on any atom is 0.174 e. The molecule has 3 nitrogen and oxygen atoms in total. The molecule has 0 saturated heterocycles. The van der Waals surface area contributed by atoms with Gasteiger partial charge >= 0.3 is 0 Å². The van der Waals surface area contributed by atoms with Gasteiger partial charge in [-0.1, -0.05) is 152 Å². The second-order valence-electron chi connectivity index (χ2n) is 12.1. The number of anilines is 3. The number of hydrogen-bond acceptors (Lipinski definition) is 3. The molecule has 0 heterocycles. The van der Waals surface area contributed by atoms with Gasteiger partial charge in [0.15, 0.2) is 7.14 Å². The summed E-state index contributed by atoms with van der Waals surface area (Å²) < 4.78 is 21.6. The summed E-state index contributed by atoms with van der Waals surface area (Å²) in [4.78, 5) is 2.31. The fourth-order valence-corrected chi connectivity index (χ4v) is 9.32. The Bertz CT molecular complexity index is 2360. The molecule has 0 atom stereocenters. The van der Waals surface area contributed by atoms with Crippen LogP contribution in [0.4, 0.5) is 17.1 Å². The Morgan fingerprint density at radius 1 is 0.420 bits per heavy atom. The van der Waals surface area contributed by atoms with Gasteiger partial charge < -0.3 is 14.2 Å². The van der Waals surface area contributed by atoms with Crippen molar-refractivity contribution in [2.75, 3.05) is 4.90 Å². The van der Waals surface area contributed by atoms with Crippen LogP contribution in [0.3, 0.4) is 0 Å². The molecule has 0 N–H and O–H groups in total. The number of hydrogen-bond donors (Lipinski definition) is 0. The Labute approximate surface area is 293 Å². The lowest BCUT2D eigenvalue weighted by Crippen LogP contribution is -2.25. The van der Waals surface area contributed by atoms with Crippen LogP contribution in [0.15, 0.2) is 206 Å². The lowest BCUT2D eigenvalue weighted by atomic mass is 10.0. The van der Waals surface area contributed by atoms with E-state index < -0.39 is 7.14 Å². The molecule has 0 amide bonds. The zero-order chi connectivity index (χ0) is 33.8. The largest absolute Gasteiger partial charge is 0.457 e. The molecule has 0 aromatic heterocycles. The minimum Gasteiger partial charge on any atom is -0.457 e. The van der Waals surface area contributed by atoms with Crippen molar-refractivity contribution < 1.29 is 9.30 Å². The maximum absolute atomic E-state index is 15.1. The molecule has 0 fully saturated rings. The van der Waals surface area contributed by atoms with E-state index in [0.29, 0.717) is 16.8 Å². The second kappa shape index (κ2) is 13.8. The quantitative estimate of drug-likeness (QED) is 0.144. The Kier molecular flexibility index (Phi) is 8.57. The molecule has 0 bridgehead atoms. The standard InChI is InChI=1S/C46H34NO2P/c48-50(41-19-6-2-7-20-41,42-21-8-3-9-22-42)46-26-13-12-25-45(46)49-40-33-29-36(30-34-40)35-27-31-39(32-28-35)47(38-17-4-1-5-18-38)44-24-14-16-37-15-10-11-23-43(37)44/h1-34H. The third-order valence-electron chi connectivity index (χ3n) is 9.01. The van der Waals surface area contributed by atoms with Crippen LogP contribution in [0.25, 0.3) is 21.9 Å². The summed E-state index contributed by atoms with van der Waals surface area (Å²) >= 11 is 0. The van der Waals surface area contributed by atoms with Crippen LogP contribution in [-0.4, -0.2) is 0 Å². The van der Waals surface area contributed by atoms with E-state index in [-0.39, 0.29) is 0 Å². The number of nitrogens with zero attached hydrogens (tertiary/aromatic N) is 1. The second-order valence-corrected chi connectivity index (χ2v) is 14.8. The molecule has 8 aromatic carbocycles. The highest BCUT2D eigenvalue weighted by molar-refractivity contribution is 7.85. The molecule has 8 aromatic rings. The summed E-state index contributed by atoms with van der Waals surface area (Å²) in [5.74, 6) is 1.26. The molecule has 0 spiro atoms. The topological polar surface area (TPSA) is 29.5 Å². The molecule has 0 aliphatic carbocycles. The van der Waals surface area contributed by atoms with Gasteiger partial charge in [0.05, 0.1) is 11.0 Å². The average molecular weight is 664 g/mol. The normalized spacial score (nSPS) is 11.3. The zero-order valence-electron chi connectivity index (χ0n) is 27.3. The van der Waals surface area contributed by atoms with Gasteiger partial charge in [-0.3, -0.25) is 0 Å².